The Morgan fingerprint density at radius 1 is 1.47 bits per heavy atom. The van der Waals surface area contributed by atoms with Gasteiger partial charge in [-0.25, -0.2) is 9.59 Å². The summed E-state index contributed by atoms with van der Waals surface area (Å²) in [5.74, 6) is -1.71. The van der Waals surface area contributed by atoms with Gasteiger partial charge in [0.2, 0.25) is 0 Å². The third-order valence-electron chi connectivity index (χ3n) is 2.73. The van der Waals surface area contributed by atoms with Gasteiger partial charge < -0.3 is 25.2 Å². The van der Waals surface area contributed by atoms with Crippen molar-refractivity contribution in [3.8, 4) is 0 Å². The molecule has 1 aliphatic heterocycles. The van der Waals surface area contributed by atoms with Crippen LogP contribution in [0.25, 0.3) is 0 Å². The summed E-state index contributed by atoms with van der Waals surface area (Å²) in [6.45, 7) is 1.00. The molecule has 0 radical (unpaired) electrons. The molecule has 8 heteroatoms. The number of methoxy groups -OCH3 is 1. The van der Waals surface area contributed by atoms with Gasteiger partial charge in [-0.1, -0.05) is 0 Å². The zero-order valence-electron chi connectivity index (χ0n) is 10.7. The number of carbonyl (C=O) groups is 3. The van der Waals surface area contributed by atoms with Crippen LogP contribution in [0.15, 0.2) is 0 Å². The lowest BCUT2D eigenvalue weighted by molar-refractivity contribution is -0.142. The van der Waals surface area contributed by atoms with Crippen molar-refractivity contribution >= 4 is 18.0 Å². The van der Waals surface area contributed by atoms with Crippen LogP contribution in [-0.2, 0) is 19.1 Å². The van der Waals surface area contributed by atoms with Gasteiger partial charge in [-0.2, -0.15) is 0 Å². The van der Waals surface area contributed by atoms with Gasteiger partial charge in [-0.3, -0.25) is 4.79 Å². The maximum absolute atomic E-state index is 11.6. The lowest BCUT2D eigenvalue weighted by Gasteiger charge is -2.16. The first kappa shape index (κ1) is 15.2. The zero-order chi connectivity index (χ0) is 14.3. The number of carboxylic acid groups (broad SMARTS) is 1. The minimum absolute atomic E-state index is 0.0173. The first-order chi connectivity index (χ1) is 9.02. The second-order valence-electron chi connectivity index (χ2n) is 4.18. The highest BCUT2D eigenvalue weighted by atomic mass is 16.5. The van der Waals surface area contributed by atoms with Crippen molar-refractivity contribution in [1.82, 2.24) is 10.6 Å². The molecule has 0 bridgehead atoms. The molecule has 0 saturated carbocycles. The standard InChI is InChI=1S/C11H18N2O6/c1-18-9(14)3-2-8(10(15)16)13-11(17)12-7-4-5-19-6-7/h7-8H,2-6H2,1H3,(H,15,16)(H2,12,13,17)/t7?,8-/m1/s1. The highest BCUT2D eigenvalue weighted by molar-refractivity contribution is 5.83. The number of hydrogen-bond donors (Lipinski definition) is 3. The number of ether oxygens (including phenoxy) is 2. The largest absolute Gasteiger partial charge is 0.480 e. The second-order valence-corrected chi connectivity index (χ2v) is 4.18. The van der Waals surface area contributed by atoms with Gasteiger partial charge >= 0.3 is 18.0 Å². The van der Waals surface area contributed by atoms with E-state index in [0.29, 0.717) is 19.6 Å². The second kappa shape index (κ2) is 7.57. The Labute approximate surface area is 110 Å². The predicted molar refractivity (Wildman–Crippen MR) is 63.6 cm³/mol. The van der Waals surface area contributed by atoms with Gasteiger partial charge in [0.1, 0.15) is 6.04 Å². The summed E-state index contributed by atoms with van der Waals surface area (Å²) in [5.41, 5.74) is 0. The molecule has 2 amide bonds. The van der Waals surface area contributed by atoms with Gasteiger partial charge in [0.15, 0.2) is 0 Å². The average Bonchev–Trinajstić information content (AvgIpc) is 2.86. The van der Waals surface area contributed by atoms with Crippen molar-refractivity contribution in [2.75, 3.05) is 20.3 Å². The first-order valence-corrected chi connectivity index (χ1v) is 5.97. The van der Waals surface area contributed by atoms with Crippen molar-refractivity contribution in [2.24, 2.45) is 0 Å². The molecule has 0 aromatic heterocycles. The molecule has 3 N–H and O–H groups in total. The van der Waals surface area contributed by atoms with E-state index in [2.05, 4.69) is 15.4 Å². The Bertz CT molecular complexity index is 340. The summed E-state index contributed by atoms with van der Waals surface area (Å²) < 4.78 is 9.50. The number of carboxylic acids is 1. The van der Waals surface area contributed by atoms with Crippen LogP contribution in [-0.4, -0.2) is 55.5 Å². The lowest BCUT2D eigenvalue weighted by atomic mass is 10.1. The van der Waals surface area contributed by atoms with Crippen LogP contribution in [0.1, 0.15) is 19.3 Å². The molecule has 1 saturated heterocycles. The van der Waals surface area contributed by atoms with Crippen LogP contribution in [0.2, 0.25) is 0 Å². The van der Waals surface area contributed by atoms with E-state index in [1.54, 1.807) is 0 Å². The molecule has 1 aliphatic rings. The van der Waals surface area contributed by atoms with E-state index < -0.39 is 24.0 Å². The van der Waals surface area contributed by atoms with Crippen LogP contribution < -0.4 is 10.6 Å². The van der Waals surface area contributed by atoms with Gasteiger partial charge in [-0.05, 0) is 12.8 Å². The number of aliphatic carboxylic acids is 1. The average molecular weight is 274 g/mol. The smallest absolute Gasteiger partial charge is 0.326 e. The molecular weight excluding hydrogens is 256 g/mol. The van der Waals surface area contributed by atoms with Crippen molar-refractivity contribution < 1.29 is 29.0 Å². The highest BCUT2D eigenvalue weighted by Crippen LogP contribution is 2.04. The molecule has 8 nitrogen and oxygen atoms in total. The molecule has 0 spiro atoms. The van der Waals surface area contributed by atoms with Crippen molar-refractivity contribution in [3.05, 3.63) is 0 Å². The number of nitrogens with one attached hydrogen (secondary N) is 2. The van der Waals surface area contributed by atoms with E-state index >= 15 is 0 Å². The van der Waals surface area contributed by atoms with Crippen LogP contribution in [0, 0.1) is 0 Å². The minimum Gasteiger partial charge on any atom is -0.480 e. The van der Waals surface area contributed by atoms with Gasteiger partial charge in [-0.15, -0.1) is 0 Å². The summed E-state index contributed by atoms with van der Waals surface area (Å²) in [5, 5.41) is 13.9. The summed E-state index contributed by atoms with van der Waals surface area (Å²) in [4.78, 5) is 33.5. The first-order valence-electron chi connectivity index (χ1n) is 5.97. The topological polar surface area (TPSA) is 114 Å². The van der Waals surface area contributed by atoms with Crippen LogP contribution in [0.3, 0.4) is 0 Å². The number of urea groups is 1. The summed E-state index contributed by atoms with van der Waals surface area (Å²) in [6.07, 6.45) is 0.615. The SMILES string of the molecule is COC(=O)CC[C@@H](NC(=O)NC1CCOC1)C(=O)O. The molecule has 0 aromatic carbocycles. The molecule has 1 fully saturated rings. The monoisotopic (exact) mass is 274 g/mol. The number of amides is 2. The number of esters is 1. The van der Waals surface area contributed by atoms with Crippen LogP contribution in [0.4, 0.5) is 4.79 Å². The summed E-state index contributed by atoms with van der Waals surface area (Å²) in [7, 11) is 1.22. The van der Waals surface area contributed by atoms with Crippen molar-refractivity contribution in [2.45, 2.75) is 31.3 Å². The van der Waals surface area contributed by atoms with Gasteiger partial charge in [0, 0.05) is 13.0 Å². The van der Waals surface area contributed by atoms with E-state index in [1.807, 2.05) is 0 Å². The fourth-order valence-corrected chi connectivity index (χ4v) is 1.66. The van der Waals surface area contributed by atoms with E-state index in [1.165, 1.54) is 7.11 Å². The minimum atomic E-state index is -1.19. The molecular formula is C11H18N2O6. The van der Waals surface area contributed by atoms with Crippen molar-refractivity contribution in [1.29, 1.82) is 0 Å². The van der Waals surface area contributed by atoms with E-state index in [0.717, 1.165) is 0 Å². The number of rotatable bonds is 6. The van der Waals surface area contributed by atoms with Crippen LogP contribution in [0.5, 0.6) is 0 Å². The summed E-state index contributed by atoms with van der Waals surface area (Å²) in [6, 6.07) is -1.80. The fraction of sp³-hybridized carbons (Fsp3) is 0.727. The maximum atomic E-state index is 11.6. The summed E-state index contributed by atoms with van der Waals surface area (Å²) >= 11 is 0. The molecule has 108 valence electrons. The Kier molecular flexibility index (Phi) is 6.07. The third-order valence-corrected chi connectivity index (χ3v) is 2.73. The maximum Gasteiger partial charge on any atom is 0.326 e. The quantitative estimate of drug-likeness (QED) is 0.562. The van der Waals surface area contributed by atoms with E-state index in [-0.39, 0.29) is 18.9 Å². The highest BCUT2D eigenvalue weighted by Gasteiger charge is 2.23. The molecule has 19 heavy (non-hydrogen) atoms. The predicted octanol–water partition coefficient (Wildman–Crippen LogP) is -0.519. The Morgan fingerprint density at radius 2 is 2.21 bits per heavy atom. The molecule has 0 aliphatic carbocycles. The Hall–Kier alpha value is -1.83. The van der Waals surface area contributed by atoms with Gasteiger partial charge in [0.05, 0.1) is 19.8 Å². The molecule has 1 rings (SSSR count). The van der Waals surface area contributed by atoms with E-state index in [9.17, 15) is 14.4 Å². The zero-order valence-corrected chi connectivity index (χ0v) is 10.7. The van der Waals surface area contributed by atoms with Gasteiger partial charge in [0.25, 0.3) is 0 Å². The molecule has 2 atom stereocenters. The van der Waals surface area contributed by atoms with Crippen molar-refractivity contribution in [3.63, 3.8) is 0 Å². The molecule has 1 heterocycles. The van der Waals surface area contributed by atoms with E-state index in [4.69, 9.17) is 9.84 Å². The fourth-order valence-electron chi connectivity index (χ4n) is 1.66. The third kappa shape index (κ3) is 5.56. The number of hydrogen-bond acceptors (Lipinski definition) is 5. The number of carbonyl (C=O) groups excluding carboxylic acids is 2. The Balaban J connectivity index is 2.36. The molecule has 0 aromatic rings. The molecule has 1 unspecified atom stereocenters. The normalized spacial score (nSPS) is 19.5. The lowest BCUT2D eigenvalue weighted by Crippen LogP contribution is -2.49. The Morgan fingerprint density at radius 3 is 2.74 bits per heavy atom. The van der Waals surface area contributed by atoms with Crippen LogP contribution >= 0.6 is 0 Å².